The summed E-state index contributed by atoms with van der Waals surface area (Å²) in [7, 11) is 0. The fourth-order valence-electron chi connectivity index (χ4n) is 3.70. The van der Waals surface area contributed by atoms with Crippen LogP contribution in [0.2, 0.25) is 0 Å². The number of alkyl halides is 1. The second-order valence-corrected chi connectivity index (χ2v) is 10.2. The highest BCUT2D eigenvalue weighted by Gasteiger charge is 2.21. The minimum Gasteiger partial charge on any atom is -0.120 e. The monoisotopic (exact) mass is 386 g/mol. The van der Waals surface area contributed by atoms with Gasteiger partial charge in [0.15, 0.2) is 0 Å². The molecule has 1 atom stereocenters. The standard InChI is InChI=1S/C25H51Cl/c1-5-6-7-8-9-10-11-12-13-14-15-16-17-18-19-20-21-22-23-24(2)25(3,4)26/h24H,5-23H2,1-4H3. The van der Waals surface area contributed by atoms with Gasteiger partial charge < -0.3 is 0 Å². The second-order valence-electron chi connectivity index (χ2n) is 9.26. The molecule has 0 aromatic heterocycles. The third-order valence-corrected chi connectivity index (χ3v) is 6.54. The van der Waals surface area contributed by atoms with Gasteiger partial charge in [0.05, 0.1) is 0 Å². The van der Waals surface area contributed by atoms with Crippen LogP contribution >= 0.6 is 11.6 Å². The number of halogens is 1. The van der Waals surface area contributed by atoms with Crippen molar-refractivity contribution in [3.05, 3.63) is 0 Å². The van der Waals surface area contributed by atoms with Crippen molar-refractivity contribution >= 4 is 11.6 Å². The summed E-state index contributed by atoms with van der Waals surface area (Å²) in [6.45, 7) is 8.88. The lowest BCUT2D eigenvalue weighted by molar-refractivity contribution is 0.400. The molecule has 0 radical (unpaired) electrons. The Morgan fingerprint density at radius 1 is 0.538 bits per heavy atom. The topological polar surface area (TPSA) is 0 Å². The van der Waals surface area contributed by atoms with E-state index in [1.54, 1.807) is 0 Å². The summed E-state index contributed by atoms with van der Waals surface area (Å²) in [5, 5.41) is 0. The summed E-state index contributed by atoms with van der Waals surface area (Å²) in [6, 6.07) is 0. The van der Waals surface area contributed by atoms with Crippen LogP contribution in [-0.2, 0) is 0 Å². The molecule has 0 N–H and O–H groups in total. The molecule has 0 amide bonds. The third-order valence-electron chi connectivity index (χ3n) is 6.16. The van der Waals surface area contributed by atoms with E-state index in [9.17, 15) is 0 Å². The summed E-state index contributed by atoms with van der Waals surface area (Å²) in [6.07, 6.45) is 27.3. The average Bonchev–Trinajstić information content (AvgIpc) is 2.59. The van der Waals surface area contributed by atoms with Crippen molar-refractivity contribution in [1.82, 2.24) is 0 Å². The van der Waals surface area contributed by atoms with Crippen LogP contribution in [0.1, 0.15) is 150 Å². The van der Waals surface area contributed by atoms with Gasteiger partial charge in [-0.05, 0) is 26.2 Å². The SMILES string of the molecule is CCCCCCCCCCCCCCCCCCCCC(C)C(C)(C)Cl. The van der Waals surface area contributed by atoms with E-state index in [0.29, 0.717) is 5.92 Å². The molecule has 0 aliphatic rings. The van der Waals surface area contributed by atoms with Gasteiger partial charge in [-0.1, -0.05) is 129 Å². The van der Waals surface area contributed by atoms with Gasteiger partial charge in [0.2, 0.25) is 0 Å². The molecule has 0 spiro atoms. The van der Waals surface area contributed by atoms with E-state index in [2.05, 4.69) is 27.7 Å². The Morgan fingerprint density at radius 2 is 0.808 bits per heavy atom. The van der Waals surface area contributed by atoms with Crippen LogP contribution in [0.15, 0.2) is 0 Å². The van der Waals surface area contributed by atoms with Gasteiger partial charge in [-0.25, -0.2) is 0 Å². The van der Waals surface area contributed by atoms with Crippen molar-refractivity contribution in [2.45, 2.75) is 155 Å². The molecule has 0 saturated heterocycles. The van der Waals surface area contributed by atoms with Crippen molar-refractivity contribution in [2.24, 2.45) is 5.92 Å². The molecule has 0 rings (SSSR count). The first-order valence-electron chi connectivity index (χ1n) is 12.2. The molecule has 0 aliphatic heterocycles. The normalized spacial score (nSPS) is 13.3. The highest BCUT2D eigenvalue weighted by Crippen LogP contribution is 2.28. The highest BCUT2D eigenvalue weighted by atomic mass is 35.5. The lowest BCUT2D eigenvalue weighted by Crippen LogP contribution is -2.21. The van der Waals surface area contributed by atoms with Crippen LogP contribution < -0.4 is 0 Å². The number of unbranched alkanes of at least 4 members (excludes halogenated alkanes) is 17. The molecule has 0 bridgehead atoms. The first kappa shape index (κ1) is 26.3. The minimum absolute atomic E-state index is 0.0331. The maximum atomic E-state index is 6.37. The molecule has 0 aromatic carbocycles. The van der Waals surface area contributed by atoms with Crippen LogP contribution in [0.3, 0.4) is 0 Å². The van der Waals surface area contributed by atoms with Gasteiger partial charge in [0.1, 0.15) is 0 Å². The van der Waals surface area contributed by atoms with Crippen LogP contribution in [0.25, 0.3) is 0 Å². The Balaban J connectivity index is 3.09. The molecule has 1 unspecified atom stereocenters. The zero-order chi connectivity index (χ0) is 19.5. The predicted octanol–water partition coefficient (Wildman–Crippen LogP) is 10.1. The van der Waals surface area contributed by atoms with Crippen LogP contribution in [-0.4, -0.2) is 4.87 Å². The Labute approximate surface area is 172 Å². The van der Waals surface area contributed by atoms with Crippen molar-refractivity contribution in [1.29, 1.82) is 0 Å². The molecule has 0 saturated carbocycles. The minimum atomic E-state index is -0.0331. The van der Waals surface area contributed by atoms with E-state index in [0.717, 1.165) is 0 Å². The highest BCUT2D eigenvalue weighted by molar-refractivity contribution is 6.23. The summed E-state index contributed by atoms with van der Waals surface area (Å²) in [5.74, 6) is 0.630. The molecular formula is C25H51Cl. The summed E-state index contributed by atoms with van der Waals surface area (Å²) >= 11 is 6.37. The quantitative estimate of drug-likeness (QED) is 0.144. The van der Waals surface area contributed by atoms with E-state index in [1.807, 2.05) is 0 Å². The molecule has 0 aliphatic carbocycles. The number of rotatable bonds is 20. The van der Waals surface area contributed by atoms with Gasteiger partial charge in [0.25, 0.3) is 0 Å². The first-order chi connectivity index (χ1) is 12.5. The Hall–Kier alpha value is 0.290. The molecule has 1 heteroatoms. The van der Waals surface area contributed by atoms with Crippen molar-refractivity contribution in [3.8, 4) is 0 Å². The smallest absolute Gasteiger partial charge is 0.0416 e. The first-order valence-corrected chi connectivity index (χ1v) is 12.5. The number of hydrogen-bond acceptors (Lipinski definition) is 0. The molecule has 0 nitrogen and oxygen atoms in total. The van der Waals surface area contributed by atoms with Crippen LogP contribution in [0.4, 0.5) is 0 Å². The maximum absolute atomic E-state index is 6.37. The fourth-order valence-corrected chi connectivity index (χ4v) is 3.80. The third kappa shape index (κ3) is 19.1. The van der Waals surface area contributed by atoms with Crippen molar-refractivity contribution < 1.29 is 0 Å². The summed E-state index contributed by atoms with van der Waals surface area (Å²) < 4.78 is 0. The van der Waals surface area contributed by atoms with E-state index in [-0.39, 0.29) is 4.87 Å². The largest absolute Gasteiger partial charge is 0.120 e. The lowest BCUT2D eigenvalue weighted by Gasteiger charge is -2.24. The predicted molar refractivity (Wildman–Crippen MR) is 122 cm³/mol. The zero-order valence-corrected chi connectivity index (χ0v) is 19.6. The zero-order valence-electron chi connectivity index (χ0n) is 18.9. The summed E-state index contributed by atoms with van der Waals surface area (Å²) in [5.41, 5.74) is 0. The van der Waals surface area contributed by atoms with Crippen LogP contribution in [0.5, 0.6) is 0 Å². The molecule has 0 fully saturated rings. The fraction of sp³-hybridized carbons (Fsp3) is 1.00. The molecule has 0 heterocycles. The van der Waals surface area contributed by atoms with Gasteiger partial charge in [0, 0.05) is 4.87 Å². The second kappa shape index (κ2) is 18.6. The van der Waals surface area contributed by atoms with Gasteiger partial charge in [-0.3, -0.25) is 0 Å². The Morgan fingerprint density at radius 3 is 1.08 bits per heavy atom. The number of hydrogen-bond donors (Lipinski definition) is 0. The van der Waals surface area contributed by atoms with E-state index in [1.165, 1.54) is 122 Å². The van der Waals surface area contributed by atoms with Gasteiger partial charge in [-0.15, -0.1) is 11.6 Å². The van der Waals surface area contributed by atoms with E-state index >= 15 is 0 Å². The van der Waals surface area contributed by atoms with Crippen molar-refractivity contribution in [2.75, 3.05) is 0 Å². The van der Waals surface area contributed by atoms with Gasteiger partial charge >= 0.3 is 0 Å². The molecular weight excluding hydrogens is 336 g/mol. The molecule has 26 heavy (non-hydrogen) atoms. The van der Waals surface area contributed by atoms with E-state index in [4.69, 9.17) is 11.6 Å². The van der Waals surface area contributed by atoms with Crippen LogP contribution in [0, 0.1) is 5.92 Å². The maximum Gasteiger partial charge on any atom is 0.0416 e. The lowest BCUT2D eigenvalue weighted by atomic mass is 9.91. The molecule has 0 aromatic rings. The molecule has 158 valence electrons. The Kier molecular flexibility index (Phi) is 18.9. The van der Waals surface area contributed by atoms with E-state index < -0.39 is 0 Å². The Bertz CT molecular complexity index is 266. The van der Waals surface area contributed by atoms with Crippen molar-refractivity contribution in [3.63, 3.8) is 0 Å². The average molecular weight is 387 g/mol. The van der Waals surface area contributed by atoms with Gasteiger partial charge in [-0.2, -0.15) is 0 Å². The summed E-state index contributed by atoms with van der Waals surface area (Å²) in [4.78, 5) is -0.0331.